The molecular weight excluding hydrogens is 276 g/mol. The summed E-state index contributed by atoms with van der Waals surface area (Å²) >= 11 is 6.01. The zero-order chi connectivity index (χ0) is 14.5. The zero-order valence-electron chi connectivity index (χ0n) is 11.8. The summed E-state index contributed by atoms with van der Waals surface area (Å²) in [4.78, 5) is 14.4. The van der Waals surface area contributed by atoms with Gasteiger partial charge in [0.05, 0.1) is 12.2 Å². The molecule has 1 aromatic carbocycles. The number of rotatable bonds is 4. The van der Waals surface area contributed by atoms with Gasteiger partial charge in [-0.3, -0.25) is 4.79 Å². The molecule has 1 aliphatic rings. The summed E-state index contributed by atoms with van der Waals surface area (Å²) in [5.41, 5.74) is 6.41. The van der Waals surface area contributed by atoms with Gasteiger partial charge in [-0.1, -0.05) is 18.5 Å². The number of nitrogens with zero attached hydrogens (tertiary/aromatic N) is 1. The van der Waals surface area contributed by atoms with E-state index < -0.39 is 0 Å². The van der Waals surface area contributed by atoms with Crippen molar-refractivity contribution in [3.05, 3.63) is 28.8 Å². The Morgan fingerprint density at radius 1 is 1.45 bits per heavy atom. The van der Waals surface area contributed by atoms with Gasteiger partial charge in [0.15, 0.2) is 0 Å². The summed E-state index contributed by atoms with van der Waals surface area (Å²) in [5.74, 6) is 0.585. The number of ether oxygens (including phenoxy) is 1. The van der Waals surface area contributed by atoms with Gasteiger partial charge in [0, 0.05) is 24.2 Å². The second-order valence-corrected chi connectivity index (χ2v) is 5.56. The van der Waals surface area contributed by atoms with Crippen LogP contribution in [0.1, 0.15) is 36.5 Å². The van der Waals surface area contributed by atoms with E-state index in [4.69, 9.17) is 22.1 Å². The standard InChI is InChI=1S/C15H21ClN2O2/c1-2-9-20-14-4-3-11(16)10-13(14)15(19)18-7-5-12(17)6-8-18/h3-4,10,12H,2,5-9,17H2,1H3. The van der Waals surface area contributed by atoms with Gasteiger partial charge in [-0.25, -0.2) is 0 Å². The van der Waals surface area contributed by atoms with Crippen LogP contribution in [0.15, 0.2) is 18.2 Å². The molecule has 0 unspecified atom stereocenters. The van der Waals surface area contributed by atoms with Crippen LogP contribution in [0.2, 0.25) is 5.02 Å². The molecule has 1 amide bonds. The van der Waals surface area contributed by atoms with Crippen LogP contribution in [0.5, 0.6) is 5.75 Å². The average Bonchev–Trinajstić information content (AvgIpc) is 2.46. The van der Waals surface area contributed by atoms with Crippen molar-refractivity contribution in [2.45, 2.75) is 32.2 Å². The predicted octanol–water partition coefficient (Wildman–Crippen LogP) is 2.69. The fraction of sp³-hybridized carbons (Fsp3) is 0.533. The Balaban J connectivity index is 2.17. The largest absolute Gasteiger partial charge is 0.493 e. The lowest BCUT2D eigenvalue weighted by Crippen LogP contribution is -2.42. The predicted molar refractivity (Wildman–Crippen MR) is 80.4 cm³/mol. The molecule has 0 spiro atoms. The lowest BCUT2D eigenvalue weighted by atomic mass is 10.0. The van der Waals surface area contributed by atoms with Crippen molar-refractivity contribution in [1.29, 1.82) is 0 Å². The molecule has 0 saturated carbocycles. The first kappa shape index (κ1) is 15.1. The molecule has 0 aliphatic carbocycles. The highest BCUT2D eigenvalue weighted by atomic mass is 35.5. The highest BCUT2D eigenvalue weighted by Crippen LogP contribution is 2.25. The number of hydrogen-bond donors (Lipinski definition) is 1. The van der Waals surface area contributed by atoms with Crippen LogP contribution < -0.4 is 10.5 Å². The molecule has 1 aliphatic heterocycles. The molecule has 110 valence electrons. The molecule has 2 N–H and O–H groups in total. The first-order valence-corrected chi connectivity index (χ1v) is 7.46. The summed E-state index contributed by atoms with van der Waals surface area (Å²) in [5, 5.41) is 0.547. The topological polar surface area (TPSA) is 55.6 Å². The molecular formula is C15H21ClN2O2. The van der Waals surface area contributed by atoms with E-state index in [-0.39, 0.29) is 11.9 Å². The third kappa shape index (κ3) is 3.64. The van der Waals surface area contributed by atoms with Gasteiger partial charge in [0.2, 0.25) is 0 Å². The Morgan fingerprint density at radius 3 is 2.80 bits per heavy atom. The van der Waals surface area contributed by atoms with Crippen molar-refractivity contribution in [1.82, 2.24) is 4.90 Å². The van der Waals surface area contributed by atoms with E-state index in [1.54, 1.807) is 18.2 Å². The number of likely N-dealkylation sites (tertiary alicyclic amines) is 1. The van der Waals surface area contributed by atoms with Crippen LogP contribution in [-0.4, -0.2) is 36.5 Å². The molecule has 0 bridgehead atoms. The summed E-state index contributed by atoms with van der Waals surface area (Å²) in [6, 6.07) is 5.40. The monoisotopic (exact) mass is 296 g/mol. The molecule has 5 heteroatoms. The van der Waals surface area contributed by atoms with Gasteiger partial charge in [-0.2, -0.15) is 0 Å². The second-order valence-electron chi connectivity index (χ2n) is 5.12. The first-order valence-electron chi connectivity index (χ1n) is 7.09. The van der Waals surface area contributed by atoms with Gasteiger partial charge in [-0.15, -0.1) is 0 Å². The van der Waals surface area contributed by atoms with Gasteiger partial charge in [0.25, 0.3) is 5.91 Å². The number of nitrogens with two attached hydrogens (primary N) is 1. The van der Waals surface area contributed by atoms with E-state index in [2.05, 4.69) is 0 Å². The van der Waals surface area contributed by atoms with Gasteiger partial charge < -0.3 is 15.4 Å². The van der Waals surface area contributed by atoms with E-state index in [1.165, 1.54) is 0 Å². The van der Waals surface area contributed by atoms with Crippen molar-refractivity contribution in [3.8, 4) is 5.75 Å². The van der Waals surface area contributed by atoms with Crippen LogP contribution in [0.3, 0.4) is 0 Å². The SMILES string of the molecule is CCCOc1ccc(Cl)cc1C(=O)N1CCC(N)CC1. The third-order valence-electron chi connectivity index (χ3n) is 3.46. The zero-order valence-corrected chi connectivity index (χ0v) is 12.5. The minimum Gasteiger partial charge on any atom is -0.493 e. The van der Waals surface area contributed by atoms with Crippen molar-refractivity contribution in [2.24, 2.45) is 5.73 Å². The fourth-order valence-corrected chi connectivity index (χ4v) is 2.45. The second kappa shape index (κ2) is 6.95. The summed E-state index contributed by atoms with van der Waals surface area (Å²) in [6.07, 6.45) is 2.59. The summed E-state index contributed by atoms with van der Waals surface area (Å²) in [6.45, 7) is 4.01. The van der Waals surface area contributed by atoms with Crippen LogP contribution in [0.4, 0.5) is 0 Å². The van der Waals surface area contributed by atoms with Crippen LogP contribution in [0.25, 0.3) is 0 Å². The Morgan fingerprint density at radius 2 is 2.15 bits per heavy atom. The molecule has 0 aromatic heterocycles. The number of hydrogen-bond acceptors (Lipinski definition) is 3. The number of benzene rings is 1. The molecule has 0 radical (unpaired) electrons. The number of piperidine rings is 1. The summed E-state index contributed by atoms with van der Waals surface area (Å²) < 4.78 is 5.64. The van der Waals surface area contributed by atoms with Crippen LogP contribution in [0, 0.1) is 0 Å². The number of carbonyl (C=O) groups excluding carboxylic acids is 1. The number of halogens is 1. The van der Waals surface area contributed by atoms with Crippen molar-refractivity contribution in [2.75, 3.05) is 19.7 Å². The maximum atomic E-state index is 12.6. The van der Waals surface area contributed by atoms with Crippen molar-refractivity contribution < 1.29 is 9.53 Å². The maximum Gasteiger partial charge on any atom is 0.257 e. The molecule has 1 fully saturated rings. The number of amides is 1. The Labute approximate surface area is 124 Å². The van der Waals surface area contributed by atoms with Gasteiger partial charge in [-0.05, 0) is 37.5 Å². The number of carbonyl (C=O) groups is 1. The minimum atomic E-state index is -0.0227. The highest BCUT2D eigenvalue weighted by molar-refractivity contribution is 6.31. The molecule has 1 heterocycles. The quantitative estimate of drug-likeness (QED) is 0.929. The minimum absolute atomic E-state index is 0.0227. The van der Waals surface area contributed by atoms with E-state index in [1.807, 2.05) is 11.8 Å². The van der Waals surface area contributed by atoms with E-state index in [9.17, 15) is 4.79 Å². The smallest absolute Gasteiger partial charge is 0.257 e. The molecule has 2 rings (SSSR count). The molecule has 1 saturated heterocycles. The summed E-state index contributed by atoms with van der Waals surface area (Å²) in [7, 11) is 0. The lowest BCUT2D eigenvalue weighted by molar-refractivity contribution is 0.0710. The van der Waals surface area contributed by atoms with E-state index in [0.717, 1.165) is 19.3 Å². The Bertz CT molecular complexity index is 471. The van der Waals surface area contributed by atoms with Crippen LogP contribution in [-0.2, 0) is 0 Å². The lowest BCUT2D eigenvalue weighted by Gasteiger charge is -2.30. The third-order valence-corrected chi connectivity index (χ3v) is 3.70. The molecule has 1 aromatic rings. The average molecular weight is 297 g/mol. The van der Waals surface area contributed by atoms with Gasteiger partial charge in [0.1, 0.15) is 5.75 Å². The van der Waals surface area contributed by atoms with Crippen LogP contribution >= 0.6 is 11.6 Å². The first-order chi connectivity index (χ1) is 9.61. The van der Waals surface area contributed by atoms with Gasteiger partial charge >= 0.3 is 0 Å². The fourth-order valence-electron chi connectivity index (χ4n) is 2.28. The molecule has 4 nitrogen and oxygen atoms in total. The Hall–Kier alpha value is -1.26. The highest BCUT2D eigenvalue weighted by Gasteiger charge is 2.24. The Kier molecular flexibility index (Phi) is 5.26. The van der Waals surface area contributed by atoms with E-state index in [0.29, 0.717) is 36.0 Å². The molecule has 20 heavy (non-hydrogen) atoms. The van der Waals surface area contributed by atoms with E-state index >= 15 is 0 Å². The van der Waals surface area contributed by atoms with Crippen molar-refractivity contribution in [3.63, 3.8) is 0 Å². The molecule has 0 atom stereocenters. The van der Waals surface area contributed by atoms with Crippen molar-refractivity contribution >= 4 is 17.5 Å². The normalized spacial score (nSPS) is 16.2. The maximum absolute atomic E-state index is 12.6.